The summed E-state index contributed by atoms with van der Waals surface area (Å²) >= 11 is 0. The standard InChI is InChI=1S/C26H34N2O4/c1-27(2)19-23(21-14-12-20(13-15-21)18-28(3)25(30)31)26(16-8-5-9-17-26)32-24(29)22-10-6-4-7-11-22/h4,6-7,10-15,23H,5,8-9,16-19H2,1-3H3,(H,30,31). The number of benzene rings is 2. The van der Waals surface area contributed by atoms with Crippen LogP contribution in [0.15, 0.2) is 54.6 Å². The molecular weight excluding hydrogens is 404 g/mol. The molecule has 6 nitrogen and oxygen atoms in total. The van der Waals surface area contributed by atoms with Gasteiger partial charge >= 0.3 is 12.1 Å². The van der Waals surface area contributed by atoms with Crippen molar-refractivity contribution < 1.29 is 19.4 Å². The Morgan fingerprint density at radius 3 is 2.16 bits per heavy atom. The monoisotopic (exact) mass is 438 g/mol. The normalized spacial score (nSPS) is 16.4. The van der Waals surface area contributed by atoms with Crippen LogP contribution in [-0.4, -0.2) is 60.3 Å². The van der Waals surface area contributed by atoms with Gasteiger partial charge in [-0.25, -0.2) is 9.59 Å². The number of esters is 1. The van der Waals surface area contributed by atoms with Crippen LogP contribution in [0.4, 0.5) is 4.79 Å². The van der Waals surface area contributed by atoms with Crippen molar-refractivity contribution in [2.45, 2.75) is 50.2 Å². The van der Waals surface area contributed by atoms with Gasteiger partial charge in [-0.15, -0.1) is 0 Å². The second kappa shape index (κ2) is 10.6. The maximum absolute atomic E-state index is 13.1. The Kier molecular flexibility index (Phi) is 7.91. The number of rotatable bonds is 8. The lowest BCUT2D eigenvalue weighted by Crippen LogP contribution is -2.46. The van der Waals surface area contributed by atoms with Gasteiger partial charge in [0.05, 0.1) is 5.56 Å². The summed E-state index contributed by atoms with van der Waals surface area (Å²) < 4.78 is 6.36. The van der Waals surface area contributed by atoms with Crippen molar-refractivity contribution in [1.82, 2.24) is 9.80 Å². The van der Waals surface area contributed by atoms with Gasteiger partial charge in [0.25, 0.3) is 0 Å². The van der Waals surface area contributed by atoms with E-state index in [9.17, 15) is 9.59 Å². The highest BCUT2D eigenvalue weighted by Crippen LogP contribution is 2.44. The van der Waals surface area contributed by atoms with Gasteiger partial charge in [0.1, 0.15) is 5.60 Å². The van der Waals surface area contributed by atoms with Crippen molar-refractivity contribution in [3.05, 3.63) is 71.3 Å². The Morgan fingerprint density at radius 1 is 0.969 bits per heavy atom. The maximum Gasteiger partial charge on any atom is 0.407 e. The summed E-state index contributed by atoms with van der Waals surface area (Å²) in [7, 11) is 5.64. The lowest BCUT2D eigenvalue weighted by atomic mass is 9.72. The SMILES string of the molecule is CN(C)CC(c1ccc(CN(C)C(=O)O)cc1)C1(OC(=O)c2ccccc2)CCCCC1. The maximum atomic E-state index is 13.1. The topological polar surface area (TPSA) is 70.1 Å². The van der Waals surface area contributed by atoms with Gasteiger partial charge in [0.15, 0.2) is 0 Å². The number of hydrogen-bond acceptors (Lipinski definition) is 4. The number of amides is 1. The number of carbonyl (C=O) groups is 2. The molecule has 0 bridgehead atoms. The van der Waals surface area contributed by atoms with Crippen molar-refractivity contribution in [2.75, 3.05) is 27.7 Å². The van der Waals surface area contributed by atoms with Crippen LogP contribution in [0.3, 0.4) is 0 Å². The zero-order valence-electron chi connectivity index (χ0n) is 19.3. The van der Waals surface area contributed by atoms with Gasteiger partial charge in [0, 0.05) is 26.1 Å². The van der Waals surface area contributed by atoms with E-state index in [0.717, 1.165) is 49.8 Å². The molecule has 0 radical (unpaired) electrons. The smallest absolute Gasteiger partial charge is 0.407 e. The van der Waals surface area contributed by atoms with Gasteiger partial charge in [-0.1, -0.05) is 48.9 Å². The molecule has 1 unspecified atom stereocenters. The highest BCUT2D eigenvalue weighted by molar-refractivity contribution is 5.89. The zero-order valence-corrected chi connectivity index (χ0v) is 19.3. The first-order chi connectivity index (χ1) is 15.3. The van der Waals surface area contributed by atoms with Crippen LogP contribution in [0.5, 0.6) is 0 Å². The van der Waals surface area contributed by atoms with Crippen molar-refractivity contribution >= 4 is 12.1 Å². The van der Waals surface area contributed by atoms with E-state index in [1.54, 1.807) is 19.2 Å². The van der Waals surface area contributed by atoms with Crippen molar-refractivity contribution in [1.29, 1.82) is 0 Å². The third kappa shape index (κ3) is 5.88. The minimum absolute atomic E-state index is 0.0247. The van der Waals surface area contributed by atoms with Gasteiger partial charge in [-0.2, -0.15) is 0 Å². The molecule has 0 heterocycles. The molecule has 1 amide bonds. The minimum Gasteiger partial charge on any atom is -0.465 e. The fourth-order valence-electron chi connectivity index (χ4n) is 4.63. The Bertz CT molecular complexity index is 890. The highest BCUT2D eigenvalue weighted by Gasteiger charge is 2.44. The molecule has 0 aromatic heterocycles. The van der Waals surface area contributed by atoms with Gasteiger partial charge in [0.2, 0.25) is 0 Å². The van der Waals surface area contributed by atoms with E-state index in [2.05, 4.69) is 17.0 Å². The first kappa shape index (κ1) is 23.8. The fourth-order valence-corrected chi connectivity index (χ4v) is 4.63. The lowest BCUT2D eigenvalue weighted by molar-refractivity contribution is -0.0575. The van der Waals surface area contributed by atoms with Crippen LogP contribution in [-0.2, 0) is 11.3 Å². The van der Waals surface area contributed by atoms with Gasteiger partial charge in [-0.3, -0.25) is 0 Å². The van der Waals surface area contributed by atoms with E-state index in [0.29, 0.717) is 12.1 Å². The molecule has 1 N–H and O–H groups in total. The lowest BCUT2D eigenvalue weighted by Gasteiger charge is -2.44. The molecule has 32 heavy (non-hydrogen) atoms. The Balaban J connectivity index is 1.91. The van der Waals surface area contributed by atoms with Crippen LogP contribution < -0.4 is 0 Å². The summed E-state index contributed by atoms with van der Waals surface area (Å²) in [6, 6.07) is 17.3. The third-order valence-electron chi connectivity index (χ3n) is 6.32. The van der Waals surface area contributed by atoms with Crippen molar-refractivity contribution in [2.24, 2.45) is 0 Å². The Morgan fingerprint density at radius 2 is 1.59 bits per heavy atom. The molecule has 0 aliphatic heterocycles. The largest absolute Gasteiger partial charge is 0.465 e. The number of carbonyl (C=O) groups excluding carboxylic acids is 1. The first-order valence-corrected chi connectivity index (χ1v) is 11.3. The summed E-state index contributed by atoms with van der Waals surface area (Å²) in [4.78, 5) is 27.6. The molecule has 1 fully saturated rings. The quantitative estimate of drug-likeness (QED) is 0.587. The fraction of sp³-hybridized carbons (Fsp3) is 0.462. The van der Waals surface area contributed by atoms with Crippen molar-refractivity contribution in [3.63, 3.8) is 0 Å². The number of hydrogen-bond donors (Lipinski definition) is 1. The predicted molar refractivity (Wildman–Crippen MR) is 125 cm³/mol. The van der Waals surface area contributed by atoms with Crippen molar-refractivity contribution in [3.8, 4) is 0 Å². The minimum atomic E-state index is -0.950. The molecule has 2 aromatic carbocycles. The van der Waals surface area contributed by atoms with Crippen LogP contribution in [0, 0.1) is 0 Å². The molecule has 1 saturated carbocycles. The molecule has 0 saturated heterocycles. The summed E-state index contributed by atoms with van der Waals surface area (Å²) in [6.07, 6.45) is 3.95. The number of ether oxygens (including phenoxy) is 1. The summed E-state index contributed by atoms with van der Waals surface area (Å²) in [6.45, 7) is 1.10. The molecule has 172 valence electrons. The van der Waals surface area contributed by atoms with Gasteiger partial charge < -0.3 is 19.6 Å². The average molecular weight is 439 g/mol. The van der Waals surface area contributed by atoms with Crippen LogP contribution in [0.25, 0.3) is 0 Å². The van der Waals surface area contributed by atoms with E-state index < -0.39 is 11.7 Å². The summed E-state index contributed by atoms with van der Waals surface area (Å²) in [5, 5.41) is 9.14. The Hall–Kier alpha value is -2.86. The number of carboxylic acid groups (broad SMARTS) is 1. The molecule has 1 aliphatic carbocycles. The van der Waals surface area contributed by atoms with E-state index >= 15 is 0 Å². The summed E-state index contributed by atoms with van der Waals surface area (Å²) in [5.41, 5.74) is 2.06. The van der Waals surface area contributed by atoms with Crippen LogP contribution in [0.1, 0.15) is 59.5 Å². The second-order valence-electron chi connectivity index (χ2n) is 9.08. The average Bonchev–Trinajstić information content (AvgIpc) is 2.79. The third-order valence-corrected chi connectivity index (χ3v) is 6.32. The second-order valence-corrected chi connectivity index (χ2v) is 9.08. The first-order valence-electron chi connectivity index (χ1n) is 11.3. The molecule has 1 atom stereocenters. The van der Waals surface area contributed by atoms with Crippen LogP contribution >= 0.6 is 0 Å². The molecule has 2 aromatic rings. The van der Waals surface area contributed by atoms with Gasteiger partial charge in [-0.05, 0) is 63.0 Å². The molecule has 0 spiro atoms. The van der Waals surface area contributed by atoms with Crippen LogP contribution in [0.2, 0.25) is 0 Å². The van der Waals surface area contributed by atoms with E-state index in [4.69, 9.17) is 9.84 Å². The highest BCUT2D eigenvalue weighted by atomic mass is 16.6. The molecule has 6 heteroatoms. The molecule has 1 aliphatic rings. The Labute approximate surface area is 190 Å². The van der Waals surface area contributed by atoms with E-state index in [1.165, 1.54) is 4.90 Å². The molecule has 3 rings (SSSR count). The number of nitrogens with zero attached hydrogens (tertiary/aromatic N) is 2. The van der Waals surface area contributed by atoms with E-state index in [1.807, 2.05) is 44.4 Å². The number of likely N-dealkylation sites (N-methyl/N-ethyl adjacent to an activating group) is 1. The molecular formula is C26H34N2O4. The van der Waals surface area contributed by atoms with E-state index in [-0.39, 0.29) is 11.9 Å². The predicted octanol–water partition coefficient (Wildman–Crippen LogP) is 5.00. The summed E-state index contributed by atoms with van der Waals surface area (Å²) in [5.74, 6) is -0.243. The zero-order chi connectivity index (χ0) is 23.1.